The number of hydrogen-bond donors (Lipinski definition) is 2. The van der Waals surface area contributed by atoms with Crippen LogP contribution in [0.25, 0.3) is 0 Å². The van der Waals surface area contributed by atoms with Gasteiger partial charge in [-0.05, 0) is 12.8 Å². The van der Waals surface area contributed by atoms with Crippen LogP contribution < -0.4 is 5.32 Å². The number of nitrogens with zero attached hydrogens (tertiary/aromatic N) is 2. The fourth-order valence-corrected chi connectivity index (χ4v) is 1.80. The lowest BCUT2D eigenvalue weighted by Crippen LogP contribution is -2.33. The van der Waals surface area contributed by atoms with Gasteiger partial charge in [-0.2, -0.15) is 5.10 Å². The van der Waals surface area contributed by atoms with Gasteiger partial charge in [-0.1, -0.05) is 6.92 Å². The van der Waals surface area contributed by atoms with E-state index in [0.717, 1.165) is 25.1 Å². The number of ether oxygens (including phenoxy) is 1. The summed E-state index contributed by atoms with van der Waals surface area (Å²) in [4.78, 5) is 0. The number of methoxy groups -OCH3 is 1. The largest absolute Gasteiger partial charge is 0.395 e. The third kappa shape index (κ3) is 4.46. The maximum Gasteiger partial charge on any atom is 0.0666 e. The molecular formula is C12H23N3O2. The van der Waals surface area contributed by atoms with Crippen molar-refractivity contribution in [1.82, 2.24) is 15.1 Å². The Morgan fingerprint density at radius 3 is 2.94 bits per heavy atom. The fraction of sp³-hybridized carbons (Fsp3) is 0.750. The minimum atomic E-state index is 0.0832. The summed E-state index contributed by atoms with van der Waals surface area (Å²) in [5, 5.41) is 16.9. The topological polar surface area (TPSA) is 59.3 Å². The van der Waals surface area contributed by atoms with E-state index >= 15 is 0 Å². The zero-order chi connectivity index (χ0) is 12.7. The Kier molecular flexibility index (Phi) is 6.18. The van der Waals surface area contributed by atoms with Gasteiger partial charge in [-0.3, -0.25) is 4.68 Å². The third-order valence-corrected chi connectivity index (χ3v) is 2.80. The van der Waals surface area contributed by atoms with E-state index in [1.54, 1.807) is 7.11 Å². The van der Waals surface area contributed by atoms with Crippen molar-refractivity contribution >= 4 is 0 Å². The molecule has 1 aromatic rings. The van der Waals surface area contributed by atoms with Crippen LogP contribution in [-0.4, -0.2) is 41.3 Å². The van der Waals surface area contributed by atoms with Crippen molar-refractivity contribution in [2.24, 2.45) is 7.05 Å². The SMILES string of the molecule is CCc1nn(C)cc1CNC(CO)CCOC. The molecule has 0 saturated heterocycles. The fourth-order valence-electron chi connectivity index (χ4n) is 1.80. The van der Waals surface area contributed by atoms with E-state index in [1.165, 1.54) is 5.56 Å². The molecule has 0 spiro atoms. The quantitative estimate of drug-likeness (QED) is 0.694. The Balaban J connectivity index is 2.47. The van der Waals surface area contributed by atoms with E-state index in [4.69, 9.17) is 4.74 Å². The molecule has 0 radical (unpaired) electrons. The molecule has 1 aromatic heterocycles. The standard InChI is InChI=1S/C12H23N3O2/c1-4-12-10(8-15(2)14-12)7-13-11(9-16)5-6-17-3/h8,11,13,16H,4-7,9H2,1-3H3. The van der Waals surface area contributed by atoms with E-state index < -0.39 is 0 Å². The Morgan fingerprint density at radius 2 is 2.35 bits per heavy atom. The average molecular weight is 241 g/mol. The van der Waals surface area contributed by atoms with Gasteiger partial charge >= 0.3 is 0 Å². The Morgan fingerprint density at radius 1 is 1.59 bits per heavy atom. The van der Waals surface area contributed by atoms with Crippen molar-refractivity contribution in [3.63, 3.8) is 0 Å². The Bertz CT molecular complexity index is 326. The first kappa shape index (κ1) is 14.2. The lowest BCUT2D eigenvalue weighted by Gasteiger charge is -2.15. The van der Waals surface area contributed by atoms with E-state index in [0.29, 0.717) is 6.61 Å². The molecule has 1 heterocycles. The number of aryl methyl sites for hydroxylation is 2. The summed E-state index contributed by atoms with van der Waals surface area (Å²) < 4.78 is 6.84. The molecule has 17 heavy (non-hydrogen) atoms. The summed E-state index contributed by atoms with van der Waals surface area (Å²) in [6.45, 7) is 3.63. The molecule has 0 amide bonds. The van der Waals surface area contributed by atoms with Gasteiger partial charge in [0.15, 0.2) is 0 Å². The Hall–Kier alpha value is -0.910. The molecule has 0 bridgehead atoms. The normalized spacial score (nSPS) is 12.9. The summed E-state index contributed by atoms with van der Waals surface area (Å²) >= 11 is 0. The maximum absolute atomic E-state index is 9.22. The number of aliphatic hydroxyl groups is 1. The monoisotopic (exact) mass is 241 g/mol. The van der Waals surface area contributed by atoms with Crippen molar-refractivity contribution in [2.75, 3.05) is 20.3 Å². The van der Waals surface area contributed by atoms with Crippen molar-refractivity contribution in [3.8, 4) is 0 Å². The van der Waals surface area contributed by atoms with Crippen molar-refractivity contribution in [3.05, 3.63) is 17.5 Å². The van der Waals surface area contributed by atoms with Gasteiger partial charge in [0, 0.05) is 45.1 Å². The minimum Gasteiger partial charge on any atom is -0.395 e. The molecule has 0 aliphatic rings. The summed E-state index contributed by atoms with van der Waals surface area (Å²) in [6.07, 6.45) is 3.77. The number of aliphatic hydroxyl groups excluding tert-OH is 1. The number of hydrogen-bond acceptors (Lipinski definition) is 4. The van der Waals surface area contributed by atoms with Gasteiger partial charge < -0.3 is 15.2 Å². The molecule has 2 N–H and O–H groups in total. The molecule has 1 unspecified atom stereocenters. The Labute approximate surface area is 103 Å². The van der Waals surface area contributed by atoms with Gasteiger partial charge in [0.05, 0.1) is 12.3 Å². The summed E-state index contributed by atoms with van der Waals surface area (Å²) in [5.74, 6) is 0. The molecule has 0 fully saturated rings. The van der Waals surface area contributed by atoms with Crippen LogP contribution in [0.5, 0.6) is 0 Å². The second-order valence-corrected chi connectivity index (χ2v) is 4.17. The van der Waals surface area contributed by atoms with Crippen LogP contribution in [0.4, 0.5) is 0 Å². The summed E-state index contributed by atoms with van der Waals surface area (Å²) in [7, 11) is 3.60. The second-order valence-electron chi connectivity index (χ2n) is 4.17. The summed E-state index contributed by atoms with van der Waals surface area (Å²) in [5.41, 5.74) is 2.31. The molecule has 1 atom stereocenters. The van der Waals surface area contributed by atoms with Crippen LogP contribution in [0, 0.1) is 0 Å². The first-order valence-electron chi connectivity index (χ1n) is 6.05. The first-order chi connectivity index (χ1) is 8.21. The van der Waals surface area contributed by atoms with Crippen LogP contribution in [0.2, 0.25) is 0 Å². The van der Waals surface area contributed by atoms with Crippen molar-refractivity contribution < 1.29 is 9.84 Å². The molecule has 0 aromatic carbocycles. The number of aromatic nitrogens is 2. The van der Waals surface area contributed by atoms with E-state index in [2.05, 4.69) is 17.3 Å². The van der Waals surface area contributed by atoms with E-state index in [1.807, 2.05) is 17.9 Å². The van der Waals surface area contributed by atoms with Gasteiger partial charge in [0.2, 0.25) is 0 Å². The van der Waals surface area contributed by atoms with Crippen molar-refractivity contribution in [1.29, 1.82) is 0 Å². The molecular weight excluding hydrogens is 218 g/mol. The summed E-state index contributed by atoms with van der Waals surface area (Å²) in [6, 6.07) is 0.0832. The lowest BCUT2D eigenvalue weighted by molar-refractivity contribution is 0.159. The van der Waals surface area contributed by atoms with E-state index in [-0.39, 0.29) is 12.6 Å². The van der Waals surface area contributed by atoms with Crippen LogP contribution in [0.1, 0.15) is 24.6 Å². The van der Waals surface area contributed by atoms with Gasteiger partial charge in [0.1, 0.15) is 0 Å². The van der Waals surface area contributed by atoms with Crippen LogP contribution >= 0.6 is 0 Å². The highest BCUT2D eigenvalue weighted by Gasteiger charge is 2.10. The van der Waals surface area contributed by atoms with Crippen LogP contribution in [0.3, 0.4) is 0 Å². The predicted octanol–water partition coefficient (Wildman–Crippen LogP) is 0.469. The number of rotatable bonds is 8. The zero-order valence-corrected chi connectivity index (χ0v) is 10.9. The molecule has 1 rings (SSSR count). The van der Waals surface area contributed by atoms with Crippen LogP contribution in [-0.2, 0) is 24.8 Å². The average Bonchev–Trinajstić information content (AvgIpc) is 2.70. The van der Waals surface area contributed by atoms with Crippen molar-refractivity contribution in [2.45, 2.75) is 32.4 Å². The van der Waals surface area contributed by atoms with Gasteiger partial charge in [-0.15, -0.1) is 0 Å². The highest BCUT2D eigenvalue weighted by molar-refractivity contribution is 5.16. The molecule has 0 aliphatic heterocycles. The zero-order valence-electron chi connectivity index (χ0n) is 10.9. The highest BCUT2D eigenvalue weighted by atomic mass is 16.5. The smallest absolute Gasteiger partial charge is 0.0666 e. The highest BCUT2D eigenvalue weighted by Crippen LogP contribution is 2.07. The second kappa shape index (κ2) is 7.42. The minimum absolute atomic E-state index is 0.0832. The lowest BCUT2D eigenvalue weighted by atomic mass is 10.2. The maximum atomic E-state index is 9.22. The van der Waals surface area contributed by atoms with Gasteiger partial charge in [0.25, 0.3) is 0 Å². The third-order valence-electron chi connectivity index (χ3n) is 2.80. The molecule has 0 aliphatic carbocycles. The molecule has 0 saturated carbocycles. The molecule has 98 valence electrons. The molecule has 5 heteroatoms. The predicted molar refractivity (Wildman–Crippen MR) is 66.8 cm³/mol. The molecule has 5 nitrogen and oxygen atoms in total. The number of nitrogens with one attached hydrogen (secondary N) is 1. The van der Waals surface area contributed by atoms with Gasteiger partial charge in [-0.25, -0.2) is 0 Å². The van der Waals surface area contributed by atoms with Crippen LogP contribution in [0.15, 0.2) is 6.20 Å². The van der Waals surface area contributed by atoms with E-state index in [9.17, 15) is 5.11 Å². The first-order valence-corrected chi connectivity index (χ1v) is 6.05.